The number of imidazole rings is 1. The summed E-state index contributed by atoms with van der Waals surface area (Å²) >= 11 is 0. The molecule has 0 aliphatic carbocycles. The maximum absolute atomic E-state index is 12.7. The minimum absolute atomic E-state index is 0.383. The van der Waals surface area contributed by atoms with Gasteiger partial charge in [0.25, 0.3) is 0 Å². The Kier molecular flexibility index (Phi) is 4.32. The first-order chi connectivity index (χ1) is 9.47. The molecule has 0 bridgehead atoms. The quantitative estimate of drug-likeness (QED) is 0.784. The standard InChI is InChI=1S/C14H17F3N2O/c1-3-13-18-11-9-10(14(15,16)17)5-6-12(11)19(13)7-8-20-4-2/h5-6,9H,3-4,7-8H2,1-2H3. The third-order valence-corrected chi connectivity index (χ3v) is 3.13. The van der Waals surface area contributed by atoms with Crippen molar-refractivity contribution in [1.82, 2.24) is 9.55 Å². The molecule has 3 nitrogen and oxygen atoms in total. The van der Waals surface area contributed by atoms with Gasteiger partial charge in [-0.1, -0.05) is 6.92 Å². The summed E-state index contributed by atoms with van der Waals surface area (Å²) in [6.07, 6.45) is -3.67. The molecule has 0 aliphatic heterocycles. The van der Waals surface area contributed by atoms with Crippen molar-refractivity contribution in [2.75, 3.05) is 13.2 Å². The minimum atomic E-state index is -4.34. The second-order valence-corrected chi connectivity index (χ2v) is 4.43. The van der Waals surface area contributed by atoms with Crippen LogP contribution in [0.3, 0.4) is 0 Å². The van der Waals surface area contributed by atoms with Crippen molar-refractivity contribution in [3.8, 4) is 0 Å². The Morgan fingerprint density at radius 2 is 2.00 bits per heavy atom. The van der Waals surface area contributed by atoms with Gasteiger partial charge in [-0.3, -0.25) is 0 Å². The fraction of sp³-hybridized carbons (Fsp3) is 0.500. The molecule has 20 heavy (non-hydrogen) atoms. The Morgan fingerprint density at radius 3 is 2.60 bits per heavy atom. The number of nitrogens with zero attached hydrogens (tertiary/aromatic N) is 2. The van der Waals surface area contributed by atoms with Crippen LogP contribution in [0.5, 0.6) is 0 Å². The highest BCUT2D eigenvalue weighted by Gasteiger charge is 2.31. The van der Waals surface area contributed by atoms with Gasteiger partial charge in [-0.05, 0) is 25.1 Å². The van der Waals surface area contributed by atoms with Gasteiger partial charge in [-0.2, -0.15) is 13.2 Å². The van der Waals surface area contributed by atoms with E-state index in [1.54, 1.807) is 0 Å². The normalized spacial score (nSPS) is 12.2. The lowest BCUT2D eigenvalue weighted by molar-refractivity contribution is -0.137. The van der Waals surface area contributed by atoms with Crippen molar-refractivity contribution in [2.45, 2.75) is 33.0 Å². The molecular formula is C14H17F3N2O. The van der Waals surface area contributed by atoms with Gasteiger partial charge in [0.2, 0.25) is 0 Å². The Bertz CT molecular complexity index is 590. The van der Waals surface area contributed by atoms with Gasteiger partial charge in [0.05, 0.1) is 23.2 Å². The van der Waals surface area contributed by atoms with Crippen LogP contribution in [0, 0.1) is 0 Å². The Balaban J connectivity index is 2.41. The van der Waals surface area contributed by atoms with Gasteiger partial charge < -0.3 is 9.30 Å². The highest BCUT2D eigenvalue weighted by Crippen LogP contribution is 2.31. The predicted octanol–water partition coefficient (Wildman–Crippen LogP) is 3.65. The van der Waals surface area contributed by atoms with Crippen molar-refractivity contribution in [3.63, 3.8) is 0 Å². The molecular weight excluding hydrogens is 269 g/mol. The van der Waals surface area contributed by atoms with Gasteiger partial charge in [-0.15, -0.1) is 0 Å². The zero-order valence-corrected chi connectivity index (χ0v) is 11.5. The van der Waals surface area contributed by atoms with E-state index in [2.05, 4.69) is 4.98 Å². The lowest BCUT2D eigenvalue weighted by atomic mass is 10.2. The zero-order valence-electron chi connectivity index (χ0n) is 11.5. The van der Waals surface area contributed by atoms with Crippen LogP contribution < -0.4 is 0 Å². The fourth-order valence-electron chi connectivity index (χ4n) is 2.18. The van der Waals surface area contributed by atoms with E-state index in [-0.39, 0.29) is 0 Å². The van der Waals surface area contributed by atoms with Gasteiger partial charge >= 0.3 is 6.18 Å². The van der Waals surface area contributed by atoms with Crippen LogP contribution in [-0.2, 0) is 23.9 Å². The first kappa shape index (κ1) is 14.8. The largest absolute Gasteiger partial charge is 0.416 e. The minimum Gasteiger partial charge on any atom is -0.380 e. The molecule has 0 saturated carbocycles. The van der Waals surface area contributed by atoms with Crippen molar-refractivity contribution in [1.29, 1.82) is 0 Å². The summed E-state index contributed by atoms with van der Waals surface area (Å²) in [5.41, 5.74) is 0.435. The van der Waals surface area contributed by atoms with E-state index >= 15 is 0 Å². The molecule has 6 heteroatoms. The molecule has 0 unspecified atom stereocenters. The maximum Gasteiger partial charge on any atom is 0.416 e. The van der Waals surface area contributed by atoms with Gasteiger partial charge in [0, 0.05) is 19.6 Å². The molecule has 2 rings (SSSR count). The van der Waals surface area contributed by atoms with Crippen LogP contribution in [0.15, 0.2) is 18.2 Å². The summed E-state index contributed by atoms with van der Waals surface area (Å²) < 4.78 is 45.3. The van der Waals surface area contributed by atoms with Gasteiger partial charge in [0.15, 0.2) is 0 Å². The van der Waals surface area contributed by atoms with E-state index in [0.29, 0.717) is 31.7 Å². The second kappa shape index (κ2) is 5.83. The highest BCUT2D eigenvalue weighted by molar-refractivity contribution is 5.77. The molecule has 0 spiro atoms. The summed E-state index contributed by atoms with van der Waals surface area (Å²) in [6.45, 7) is 5.58. The summed E-state index contributed by atoms with van der Waals surface area (Å²) in [4.78, 5) is 4.29. The fourth-order valence-corrected chi connectivity index (χ4v) is 2.18. The molecule has 2 aromatic rings. The average molecular weight is 286 g/mol. The Hall–Kier alpha value is -1.56. The molecule has 110 valence electrons. The van der Waals surface area contributed by atoms with Crippen molar-refractivity contribution < 1.29 is 17.9 Å². The molecule has 0 N–H and O–H groups in total. The zero-order chi connectivity index (χ0) is 14.8. The highest BCUT2D eigenvalue weighted by atomic mass is 19.4. The number of aromatic nitrogens is 2. The topological polar surface area (TPSA) is 27.1 Å². The summed E-state index contributed by atoms with van der Waals surface area (Å²) in [6, 6.07) is 3.68. The first-order valence-corrected chi connectivity index (χ1v) is 6.61. The molecule has 0 radical (unpaired) electrons. The number of halogens is 3. The molecule has 0 saturated heterocycles. The monoisotopic (exact) mass is 286 g/mol. The Labute approximate surface area is 115 Å². The molecule has 1 heterocycles. The van der Waals surface area contributed by atoms with Crippen molar-refractivity contribution >= 4 is 11.0 Å². The molecule has 1 aromatic carbocycles. The lowest BCUT2D eigenvalue weighted by Crippen LogP contribution is -2.09. The summed E-state index contributed by atoms with van der Waals surface area (Å²) in [7, 11) is 0. The number of fused-ring (bicyclic) bond motifs is 1. The third kappa shape index (κ3) is 2.95. The molecule has 1 aromatic heterocycles. The average Bonchev–Trinajstić information content (AvgIpc) is 2.75. The first-order valence-electron chi connectivity index (χ1n) is 6.61. The van der Waals surface area contributed by atoms with E-state index in [4.69, 9.17) is 4.74 Å². The van der Waals surface area contributed by atoms with Gasteiger partial charge in [0.1, 0.15) is 5.82 Å². The smallest absolute Gasteiger partial charge is 0.380 e. The van der Waals surface area contributed by atoms with Crippen LogP contribution in [0.4, 0.5) is 13.2 Å². The van der Waals surface area contributed by atoms with E-state index in [1.807, 2.05) is 18.4 Å². The second-order valence-electron chi connectivity index (χ2n) is 4.43. The van der Waals surface area contributed by atoms with Crippen LogP contribution in [0.2, 0.25) is 0 Å². The summed E-state index contributed by atoms with van der Waals surface area (Å²) in [5.74, 6) is 0.777. The number of alkyl halides is 3. The number of rotatable bonds is 5. The van der Waals surface area contributed by atoms with Crippen LogP contribution in [0.25, 0.3) is 11.0 Å². The predicted molar refractivity (Wildman–Crippen MR) is 70.6 cm³/mol. The third-order valence-electron chi connectivity index (χ3n) is 3.13. The number of aryl methyl sites for hydroxylation is 1. The van der Waals surface area contributed by atoms with Crippen LogP contribution in [0.1, 0.15) is 25.2 Å². The molecule has 0 fully saturated rings. The molecule has 0 amide bonds. The SMILES string of the molecule is CCOCCn1c(CC)nc2cc(C(F)(F)F)ccc21. The van der Waals surface area contributed by atoms with E-state index in [1.165, 1.54) is 6.07 Å². The van der Waals surface area contributed by atoms with Crippen molar-refractivity contribution in [2.24, 2.45) is 0 Å². The number of ether oxygens (including phenoxy) is 1. The Morgan fingerprint density at radius 1 is 1.25 bits per heavy atom. The number of benzene rings is 1. The van der Waals surface area contributed by atoms with Crippen LogP contribution in [-0.4, -0.2) is 22.8 Å². The van der Waals surface area contributed by atoms with Crippen molar-refractivity contribution in [3.05, 3.63) is 29.6 Å². The van der Waals surface area contributed by atoms with Gasteiger partial charge in [-0.25, -0.2) is 4.98 Å². The van der Waals surface area contributed by atoms with Crippen LogP contribution >= 0.6 is 0 Å². The lowest BCUT2D eigenvalue weighted by Gasteiger charge is -2.09. The van der Waals surface area contributed by atoms with E-state index < -0.39 is 11.7 Å². The summed E-state index contributed by atoms with van der Waals surface area (Å²) in [5, 5.41) is 0. The molecule has 0 aliphatic rings. The number of hydrogen-bond donors (Lipinski definition) is 0. The van der Waals surface area contributed by atoms with E-state index in [0.717, 1.165) is 23.5 Å². The molecule has 0 atom stereocenters. The van der Waals surface area contributed by atoms with E-state index in [9.17, 15) is 13.2 Å². The maximum atomic E-state index is 12.7. The number of hydrogen-bond acceptors (Lipinski definition) is 2.